The van der Waals surface area contributed by atoms with Crippen LogP contribution in [0, 0.1) is 0 Å². The summed E-state index contributed by atoms with van der Waals surface area (Å²) >= 11 is 3.36. The van der Waals surface area contributed by atoms with Gasteiger partial charge in [-0.15, -0.1) is 0 Å². The minimum Gasteiger partial charge on any atom is -0.377 e. The smallest absolute Gasteiger partial charge is 0.0843 e. The molecule has 0 fully saturated rings. The number of aromatic nitrogens is 2. The van der Waals surface area contributed by atoms with E-state index in [1.165, 1.54) is 0 Å². The number of halogens is 1. The Labute approximate surface area is 87.2 Å². The fourth-order valence-corrected chi connectivity index (χ4v) is 1.32. The van der Waals surface area contributed by atoms with Crippen molar-refractivity contribution in [2.24, 2.45) is 0 Å². The van der Waals surface area contributed by atoms with Gasteiger partial charge >= 0.3 is 0 Å². The maximum atomic E-state index is 5.39. The van der Waals surface area contributed by atoms with Gasteiger partial charge in [0.25, 0.3) is 0 Å². The van der Waals surface area contributed by atoms with Crippen LogP contribution in [0.1, 0.15) is 26.8 Å². The number of rotatable bonds is 3. The van der Waals surface area contributed by atoms with Crippen LogP contribution < -0.4 is 0 Å². The molecule has 0 aliphatic carbocycles. The summed E-state index contributed by atoms with van der Waals surface area (Å²) in [4.78, 5) is 0. The van der Waals surface area contributed by atoms with Crippen molar-refractivity contribution in [2.45, 2.75) is 32.4 Å². The molecule has 0 N–H and O–H groups in total. The predicted molar refractivity (Wildman–Crippen MR) is 55.7 cm³/mol. The number of ether oxygens (including phenoxy) is 1. The summed E-state index contributed by atoms with van der Waals surface area (Å²) < 4.78 is 8.28. The summed E-state index contributed by atoms with van der Waals surface area (Å²) in [6.45, 7) is 6.18. The highest BCUT2D eigenvalue weighted by Crippen LogP contribution is 2.25. The van der Waals surface area contributed by atoms with Gasteiger partial charge < -0.3 is 4.74 Å². The van der Waals surface area contributed by atoms with Gasteiger partial charge in [0.2, 0.25) is 0 Å². The predicted octanol–water partition coefficient (Wildman–Crippen LogP) is 2.63. The molecule has 0 bridgehead atoms. The lowest BCUT2D eigenvalue weighted by molar-refractivity contribution is -0.0201. The Morgan fingerprint density at radius 2 is 2.23 bits per heavy atom. The molecular formula is C9H15BrN2O. The lowest BCUT2D eigenvalue weighted by Gasteiger charge is -2.30. The summed E-state index contributed by atoms with van der Waals surface area (Å²) in [5.74, 6) is 0. The first-order chi connectivity index (χ1) is 5.97. The standard InChI is InChI=1S/C9H15BrN2O/c1-7(9(2,3)13-4)12-6-8(10)5-11-12/h5-7H,1-4H3. The Hall–Kier alpha value is -0.350. The van der Waals surface area contributed by atoms with E-state index >= 15 is 0 Å². The second-order valence-corrected chi connectivity index (χ2v) is 4.54. The first-order valence-corrected chi connectivity index (χ1v) is 5.01. The molecular weight excluding hydrogens is 232 g/mol. The minimum absolute atomic E-state index is 0.203. The van der Waals surface area contributed by atoms with Crippen LogP contribution in [0.3, 0.4) is 0 Å². The van der Waals surface area contributed by atoms with Gasteiger partial charge in [0.1, 0.15) is 0 Å². The lowest BCUT2D eigenvalue weighted by atomic mass is 10.0. The molecule has 4 heteroatoms. The Morgan fingerprint density at radius 1 is 1.62 bits per heavy atom. The van der Waals surface area contributed by atoms with Crippen LogP contribution in [-0.4, -0.2) is 22.5 Å². The maximum absolute atomic E-state index is 5.39. The van der Waals surface area contributed by atoms with Gasteiger partial charge in [-0.3, -0.25) is 4.68 Å². The maximum Gasteiger partial charge on any atom is 0.0843 e. The van der Waals surface area contributed by atoms with Crippen molar-refractivity contribution in [3.05, 3.63) is 16.9 Å². The zero-order valence-electron chi connectivity index (χ0n) is 8.41. The molecule has 3 nitrogen and oxygen atoms in total. The van der Waals surface area contributed by atoms with E-state index in [0.29, 0.717) is 0 Å². The van der Waals surface area contributed by atoms with Crippen molar-refractivity contribution in [1.82, 2.24) is 9.78 Å². The zero-order chi connectivity index (χ0) is 10.1. The Balaban J connectivity index is 2.84. The average Bonchev–Trinajstić information content (AvgIpc) is 2.50. The molecule has 0 aliphatic rings. The van der Waals surface area contributed by atoms with Crippen LogP contribution in [0.2, 0.25) is 0 Å². The van der Waals surface area contributed by atoms with Gasteiger partial charge in [0.15, 0.2) is 0 Å². The van der Waals surface area contributed by atoms with Gasteiger partial charge in [-0.2, -0.15) is 5.10 Å². The Bertz CT molecular complexity index is 283. The number of nitrogens with zero attached hydrogens (tertiary/aromatic N) is 2. The first kappa shape index (κ1) is 10.7. The van der Waals surface area contributed by atoms with Gasteiger partial charge in [0.05, 0.1) is 22.3 Å². The molecule has 1 aromatic rings. The van der Waals surface area contributed by atoms with Crippen LogP contribution in [0.15, 0.2) is 16.9 Å². The van der Waals surface area contributed by atoms with Gasteiger partial charge in [-0.05, 0) is 36.7 Å². The highest BCUT2D eigenvalue weighted by molar-refractivity contribution is 9.10. The van der Waals surface area contributed by atoms with E-state index in [2.05, 4.69) is 28.0 Å². The van der Waals surface area contributed by atoms with E-state index < -0.39 is 0 Å². The van der Waals surface area contributed by atoms with Gasteiger partial charge in [0, 0.05) is 13.3 Å². The van der Waals surface area contributed by atoms with E-state index in [4.69, 9.17) is 4.74 Å². The molecule has 0 amide bonds. The summed E-state index contributed by atoms with van der Waals surface area (Å²) in [5.41, 5.74) is -0.203. The molecule has 0 spiro atoms. The van der Waals surface area contributed by atoms with E-state index in [-0.39, 0.29) is 11.6 Å². The monoisotopic (exact) mass is 246 g/mol. The Morgan fingerprint density at radius 3 is 2.62 bits per heavy atom. The third kappa shape index (κ3) is 2.31. The summed E-state index contributed by atoms with van der Waals surface area (Å²) in [6, 6.07) is 0.212. The molecule has 0 aromatic carbocycles. The Kier molecular flexibility index (Phi) is 3.14. The molecule has 1 atom stereocenters. The molecule has 0 radical (unpaired) electrons. The third-order valence-corrected chi connectivity index (χ3v) is 2.91. The van der Waals surface area contributed by atoms with E-state index in [0.717, 1.165) is 4.47 Å². The highest BCUT2D eigenvalue weighted by atomic mass is 79.9. The highest BCUT2D eigenvalue weighted by Gasteiger charge is 2.27. The molecule has 74 valence electrons. The SMILES string of the molecule is COC(C)(C)C(C)n1cc(Br)cn1. The quantitative estimate of drug-likeness (QED) is 0.820. The second kappa shape index (κ2) is 3.80. The van der Waals surface area contributed by atoms with Crippen LogP contribution in [0.5, 0.6) is 0 Å². The molecule has 13 heavy (non-hydrogen) atoms. The molecule has 1 rings (SSSR count). The topological polar surface area (TPSA) is 27.1 Å². The van der Waals surface area contributed by atoms with Crippen molar-refractivity contribution in [3.63, 3.8) is 0 Å². The summed E-state index contributed by atoms with van der Waals surface area (Å²) in [6.07, 6.45) is 3.73. The molecule has 1 unspecified atom stereocenters. The number of methoxy groups -OCH3 is 1. The van der Waals surface area contributed by atoms with Crippen molar-refractivity contribution in [2.75, 3.05) is 7.11 Å². The fraction of sp³-hybridized carbons (Fsp3) is 0.667. The van der Waals surface area contributed by atoms with Crippen LogP contribution in [-0.2, 0) is 4.74 Å². The van der Waals surface area contributed by atoms with Crippen LogP contribution in [0.4, 0.5) is 0 Å². The van der Waals surface area contributed by atoms with Crippen molar-refractivity contribution in [1.29, 1.82) is 0 Å². The fourth-order valence-electron chi connectivity index (χ4n) is 1.02. The minimum atomic E-state index is -0.203. The lowest BCUT2D eigenvalue weighted by Crippen LogP contribution is -2.33. The van der Waals surface area contributed by atoms with Crippen molar-refractivity contribution in [3.8, 4) is 0 Å². The second-order valence-electron chi connectivity index (χ2n) is 3.62. The van der Waals surface area contributed by atoms with E-state index in [1.807, 2.05) is 24.7 Å². The van der Waals surface area contributed by atoms with E-state index in [1.54, 1.807) is 13.3 Å². The molecule has 1 aromatic heterocycles. The van der Waals surface area contributed by atoms with Crippen LogP contribution >= 0.6 is 15.9 Å². The normalized spacial score (nSPS) is 14.5. The number of hydrogen-bond donors (Lipinski definition) is 0. The van der Waals surface area contributed by atoms with Crippen LogP contribution in [0.25, 0.3) is 0 Å². The molecule has 0 saturated carbocycles. The van der Waals surface area contributed by atoms with Crippen molar-refractivity contribution < 1.29 is 4.74 Å². The molecule has 0 aliphatic heterocycles. The van der Waals surface area contributed by atoms with Gasteiger partial charge in [-0.25, -0.2) is 0 Å². The average molecular weight is 247 g/mol. The summed E-state index contributed by atoms with van der Waals surface area (Å²) in [5, 5.41) is 4.22. The largest absolute Gasteiger partial charge is 0.377 e. The summed E-state index contributed by atoms with van der Waals surface area (Å²) in [7, 11) is 1.72. The first-order valence-electron chi connectivity index (χ1n) is 4.22. The van der Waals surface area contributed by atoms with Crippen molar-refractivity contribution >= 4 is 15.9 Å². The molecule has 0 saturated heterocycles. The van der Waals surface area contributed by atoms with E-state index in [9.17, 15) is 0 Å². The zero-order valence-corrected chi connectivity index (χ0v) is 10.00. The third-order valence-electron chi connectivity index (χ3n) is 2.50. The number of hydrogen-bond acceptors (Lipinski definition) is 2. The van der Waals surface area contributed by atoms with Gasteiger partial charge in [-0.1, -0.05) is 0 Å². The molecule has 1 heterocycles.